The molecular weight excluding hydrogens is 446 g/mol. The van der Waals surface area contributed by atoms with Crippen molar-refractivity contribution in [1.29, 1.82) is 0 Å². The Kier molecular flexibility index (Phi) is 6.09. The van der Waals surface area contributed by atoms with Gasteiger partial charge in [-0.05, 0) is 61.1 Å². The highest BCUT2D eigenvalue weighted by molar-refractivity contribution is 5.80. The van der Waals surface area contributed by atoms with Crippen molar-refractivity contribution in [3.8, 4) is 0 Å². The van der Waals surface area contributed by atoms with Gasteiger partial charge in [0.25, 0.3) is 0 Å². The molecule has 2 aromatic rings. The summed E-state index contributed by atoms with van der Waals surface area (Å²) in [6.45, 7) is 3.51. The number of hydrogen-bond acceptors (Lipinski definition) is 2. The lowest BCUT2D eigenvalue weighted by atomic mass is 9.70. The molecule has 0 radical (unpaired) electrons. The van der Waals surface area contributed by atoms with Crippen LogP contribution >= 0.6 is 0 Å². The number of rotatable bonds is 3. The van der Waals surface area contributed by atoms with E-state index in [0.29, 0.717) is 44.7 Å². The molecule has 33 heavy (non-hydrogen) atoms. The van der Waals surface area contributed by atoms with E-state index in [4.69, 9.17) is 0 Å². The van der Waals surface area contributed by atoms with Crippen LogP contribution in [0.5, 0.6) is 0 Å². The van der Waals surface area contributed by atoms with Crippen LogP contribution in [0.1, 0.15) is 41.0 Å². The van der Waals surface area contributed by atoms with Crippen LogP contribution in [-0.4, -0.2) is 37.0 Å². The summed E-state index contributed by atoms with van der Waals surface area (Å²) in [7, 11) is 0. The third-order valence-corrected chi connectivity index (χ3v) is 6.67. The molecule has 3 nitrogen and oxygen atoms in total. The zero-order valence-corrected chi connectivity index (χ0v) is 18.0. The van der Waals surface area contributed by atoms with E-state index in [2.05, 4.69) is 0 Å². The standard InChI is InChI=1S/C24H24F6N2O/c1-15-2-5-20(24(28,29)30)14-21(15)31-8-10-32(11-9-31)22(33)18-12-17(13-18)16-3-6-19(7-4-16)23(25,26)27/h2-7,14,17-18H,8-13H2,1H3. The van der Waals surface area contributed by atoms with E-state index in [1.807, 2.05) is 4.90 Å². The van der Waals surface area contributed by atoms with Gasteiger partial charge in [0, 0.05) is 37.8 Å². The van der Waals surface area contributed by atoms with Crippen LogP contribution in [0.4, 0.5) is 32.0 Å². The molecule has 4 rings (SSSR count). The molecule has 1 aliphatic carbocycles. The highest BCUT2D eigenvalue weighted by Gasteiger charge is 2.39. The van der Waals surface area contributed by atoms with Gasteiger partial charge in [-0.1, -0.05) is 18.2 Å². The third kappa shape index (κ3) is 4.96. The molecule has 1 saturated heterocycles. The Balaban J connectivity index is 1.31. The second-order valence-electron chi connectivity index (χ2n) is 8.80. The van der Waals surface area contributed by atoms with E-state index in [1.54, 1.807) is 11.8 Å². The fourth-order valence-corrected chi connectivity index (χ4v) is 4.59. The summed E-state index contributed by atoms with van der Waals surface area (Å²) in [6.07, 6.45) is -7.59. The van der Waals surface area contributed by atoms with Crippen LogP contribution < -0.4 is 4.90 Å². The van der Waals surface area contributed by atoms with Crippen LogP contribution in [0.25, 0.3) is 0 Å². The molecule has 1 heterocycles. The second kappa shape index (κ2) is 8.57. The summed E-state index contributed by atoms with van der Waals surface area (Å²) in [5.41, 5.74) is 0.707. The minimum atomic E-state index is -4.41. The fraction of sp³-hybridized carbons (Fsp3) is 0.458. The number of alkyl halides is 6. The summed E-state index contributed by atoms with van der Waals surface area (Å²) >= 11 is 0. The van der Waals surface area contributed by atoms with Gasteiger partial charge in [-0.25, -0.2) is 0 Å². The Morgan fingerprint density at radius 1 is 0.818 bits per heavy atom. The Labute approximate surface area is 188 Å². The van der Waals surface area contributed by atoms with Gasteiger partial charge in [0.15, 0.2) is 0 Å². The second-order valence-corrected chi connectivity index (χ2v) is 8.80. The normalized spacial score (nSPS) is 21.7. The Morgan fingerprint density at radius 2 is 1.36 bits per heavy atom. The molecule has 0 N–H and O–H groups in total. The zero-order chi connectivity index (χ0) is 24.0. The van der Waals surface area contributed by atoms with Crippen LogP contribution in [-0.2, 0) is 17.1 Å². The molecule has 0 atom stereocenters. The predicted octanol–water partition coefficient (Wildman–Crippen LogP) is 5.88. The Morgan fingerprint density at radius 3 is 1.91 bits per heavy atom. The van der Waals surface area contributed by atoms with E-state index < -0.39 is 23.5 Å². The van der Waals surface area contributed by atoms with Crippen molar-refractivity contribution >= 4 is 11.6 Å². The van der Waals surface area contributed by atoms with Crippen LogP contribution in [0.15, 0.2) is 42.5 Å². The maximum absolute atomic E-state index is 13.1. The first-order chi connectivity index (χ1) is 15.4. The number of hydrogen-bond donors (Lipinski definition) is 0. The van der Waals surface area contributed by atoms with Crippen molar-refractivity contribution in [3.05, 3.63) is 64.7 Å². The lowest BCUT2D eigenvalue weighted by molar-refractivity contribution is -0.139. The summed E-state index contributed by atoms with van der Waals surface area (Å²) in [4.78, 5) is 16.5. The first-order valence-electron chi connectivity index (χ1n) is 10.8. The van der Waals surface area contributed by atoms with Crippen molar-refractivity contribution in [3.63, 3.8) is 0 Å². The summed E-state index contributed by atoms with van der Waals surface area (Å²) in [5, 5.41) is 0. The Hall–Kier alpha value is -2.71. The molecular formula is C24H24F6N2O. The van der Waals surface area contributed by atoms with Gasteiger partial charge in [-0.3, -0.25) is 4.79 Å². The molecule has 2 aliphatic rings. The quantitative estimate of drug-likeness (QED) is 0.524. The van der Waals surface area contributed by atoms with Crippen molar-refractivity contribution < 1.29 is 31.1 Å². The molecule has 0 unspecified atom stereocenters. The number of amides is 1. The molecule has 0 aromatic heterocycles. The van der Waals surface area contributed by atoms with Gasteiger partial charge in [0.05, 0.1) is 11.1 Å². The molecule has 1 saturated carbocycles. The largest absolute Gasteiger partial charge is 0.416 e. The molecule has 1 amide bonds. The van der Waals surface area contributed by atoms with Gasteiger partial charge in [0.1, 0.15) is 0 Å². The third-order valence-electron chi connectivity index (χ3n) is 6.67. The smallest absolute Gasteiger partial charge is 0.368 e. The average Bonchev–Trinajstić information content (AvgIpc) is 2.72. The number of anilines is 1. The number of aryl methyl sites for hydroxylation is 1. The highest BCUT2D eigenvalue weighted by Crippen LogP contribution is 2.43. The van der Waals surface area contributed by atoms with Crippen molar-refractivity contribution in [2.45, 2.75) is 38.0 Å². The van der Waals surface area contributed by atoms with Crippen LogP contribution in [0.3, 0.4) is 0 Å². The molecule has 0 bridgehead atoms. The first-order valence-corrected chi connectivity index (χ1v) is 10.8. The minimum Gasteiger partial charge on any atom is -0.368 e. The molecule has 0 spiro atoms. The summed E-state index contributed by atoms with van der Waals surface area (Å²) in [5.74, 6) is -0.0898. The van der Waals surface area contributed by atoms with Gasteiger partial charge in [0.2, 0.25) is 5.91 Å². The zero-order valence-electron chi connectivity index (χ0n) is 18.0. The van der Waals surface area contributed by atoms with Crippen LogP contribution in [0, 0.1) is 12.8 Å². The number of carbonyl (C=O) groups is 1. The van der Waals surface area contributed by atoms with Crippen molar-refractivity contribution in [1.82, 2.24) is 4.90 Å². The topological polar surface area (TPSA) is 23.6 Å². The molecule has 178 valence electrons. The molecule has 1 aliphatic heterocycles. The van der Waals surface area contributed by atoms with E-state index >= 15 is 0 Å². The Bertz CT molecular complexity index is 1000. The predicted molar refractivity (Wildman–Crippen MR) is 112 cm³/mol. The summed E-state index contributed by atoms with van der Waals surface area (Å²) in [6, 6.07) is 8.79. The van der Waals surface area contributed by atoms with Gasteiger partial charge in [-0.15, -0.1) is 0 Å². The monoisotopic (exact) mass is 470 g/mol. The number of halogens is 6. The van der Waals surface area contributed by atoms with Gasteiger partial charge >= 0.3 is 12.4 Å². The fourth-order valence-electron chi connectivity index (χ4n) is 4.59. The van der Waals surface area contributed by atoms with E-state index in [9.17, 15) is 31.1 Å². The number of carbonyl (C=O) groups excluding carboxylic acids is 1. The van der Waals surface area contributed by atoms with Crippen LogP contribution in [0.2, 0.25) is 0 Å². The lowest BCUT2D eigenvalue weighted by Gasteiger charge is -2.42. The maximum atomic E-state index is 13.1. The highest BCUT2D eigenvalue weighted by atomic mass is 19.4. The number of piperazine rings is 1. The molecule has 9 heteroatoms. The maximum Gasteiger partial charge on any atom is 0.416 e. The van der Waals surface area contributed by atoms with E-state index in [-0.39, 0.29) is 17.7 Å². The SMILES string of the molecule is Cc1ccc(C(F)(F)F)cc1N1CCN(C(=O)C2CC(c3ccc(C(F)(F)F)cc3)C2)CC1. The number of nitrogens with zero attached hydrogens (tertiary/aromatic N) is 2. The van der Waals surface area contributed by atoms with E-state index in [1.165, 1.54) is 18.2 Å². The van der Waals surface area contributed by atoms with E-state index in [0.717, 1.165) is 35.4 Å². The summed E-state index contributed by atoms with van der Waals surface area (Å²) < 4.78 is 77.4. The first kappa shape index (κ1) is 23.4. The number of benzene rings is 2. The minimum absolute atomic E-state index is 0.0126. The van der Waals surface area contributed by atoms with Gasteiger partial charge < -0.3 is 9.80 Å². The van der Waals surface area contributed by atoms with Crippen molar-refractivity contribution in [2.75, 3.05) is 31.1 Å². The van der Waals surface area contributed by atoms with Gasteiger partial charge in [-0.2, -0.15) is 26.3 Å². The average molecular weight is 470 g/mol. The lowest BCUT2D eigenvalue weighted by Crippen LogP contribution is -2.52. The molecule has 2 aromatic carbocycles. The molecule has 2 fully saturated rings. The van der Waals surface area contributed by atoms with Crippen molar-refractivity contribution in [2.24, 2.45) is 5.92 Å².